The summed E-state index contributed by atoms with van der Waals surface area (Å²) in [5.74, 6) is -1.67. The first-order chi connectivity index (χ1) is 25.3. The predicted octanol–water partition coefficient (Wildman–Crippen LogP) is 5.35. The minimum atomic E-state index is -1.01. The molecule has 1 aliphatic rings. The van der Waals surface area contributed by atoms with E-state index in [9.17, 15) is 24.0 Å². The highest BCUT2D eigenvalue weighted by Gasteiger charge is 2.35. The van der Waals surface area contributed by atoms with E-state index in [1.54, 1.807) is 43.1 Å². The van der Waals surface area contributed by atoms with Gasteiger partial charge in [0.2, 0.25) is 5.91 Å². The fourth-order valence-corrected chi connectivity index (χ4v) is 6.51. The number of ether oxygens (including phenoxy) is 3. The van der Waals surface area contributed by atoms with Crippen LogP contribution in [-0.2, 0) is 36.1 Å². The Morgan fingerprint density at radius 3 is 1.85 bits per heavy atom. The third-order valence-electron chi connectivity index (χ3n) is 9.36. The van der Waals surface area contributed by atoms with Crippen LogP contribution < -0.4 is 21.4 Å². The highest BCUT2D eigenvalue weighted by Crippen LogP contribution is 2.25. The van der Waals surface area contributed by atoms with Gasteiger partial charge in [-0.1, -0.05) is 89.4 Å². The second-order valence-electron chi connectivity index (χ2n) is 14.2. The molecule has 2 aromatic carbocycles. The van der Waals surface area contributed by atoms with E-state index >= 15 is 0 Å². The number of alkyl halides is 1. The van der Waals surface area contributed by atoms with Crippen LogP contribution in [0.2, 0.25) is 0 Å². The molecule has 1 fully saturated rings. The summed E-state index contributed by atoms with van der Waals surface area (Å²) in [5.41, 5.74) is 4.98. The van der Waals surface area contributed by atoms with Crippen LogP contribution in [0.15, 0.2) is 54.6 Å². The van der Waals surface area contributed by atoms with Crippen molar-refractivity contribution in [1.29, 1.82) is 0 Å². The average Bonchev–Trinajstić information content (AvgIpc) is 3.15. The van der Waals surface area contributed by atoms with Crippen LogP contribution in [0, 0.1) is 17.8 Å². The zero-order chi connectivity index (χ0) is 38.9. The monoisotopic (exact) mass is 757 g/mol. The molecule has 0 radical (unpaired) electrons. The lowest BCUT2D eigenvalue weighted by Crippen LogP contribution is -2.60. The van der Waals surface area contributed by atoms with E-state index in [0.717, 1.165) is 43.2 Å². The number of nitrogens with zero attached hydrogens (tertiary/aromatic N) is 1. The molecular weight excluding hydrogens is 702 g/mol. The molecule has 0 heterocycles. The Morgan fingerprint density at radius 2 is 1.32 bits per heavy atom. The van der Waals surface area contributed by atoms with Crippen LogP contribution in [0.1, 0.15) is 81.3 Å². The lowest BCUT2D eigenvalue weighted by atomic mass is 9.89. The lowest BCUT2D eigenvalue weighted by molar-refractivity contribution is -0.131. The largest absolute Gasteiger partial charge is 0.455 e. The van der Waals surface area contributed by atoms with Gasteiger partial charge in [-0.25, -0.2) is 19.4 Å². The topological polar surface area (TPSA) is 164 Å². The van der Waals surface area contributed by atoms with Crippen molar-refractivity contribution in [3.8, 4) is 0 Å². The van der Waals surface area contributed by atoms with Crippen molar-refractivity contribution in [3.05, 3.63) is 71.3 Å². The predicted molar refractivity (Wildman–Crippen MR) is 202 cm³/mol. The van der Waals surface area contributed by atoms with Gasteiger partial charge in [-0.2, -0.15) is 0 Å². The Hall–Kier alpha value is -4.36. The second-order valence-corrected chi connectivity index (χ2v) is 14.4. The molecule has 4 N–H and O–H groups in total. The summed E-state index contributed by atoms with van der Waals surface area (Å²) in [5, 5.41) is 10.0. The number of carbonyl (C=O) groups excluding carboxylic acids is 5. The number of alkyl carbamates (subject to hydrolysis) is 2. The first kappa shape index (κ1) is 43.0. The molecule has 1 saturated carbocycles. The van der Waals surface area contributed by atoms with E-state index in [4.69, 9.17) is 25.8 Å². The highest BCUT2D eigenvalue weighted by atomic mass is 35.5. The number of esters is 1. The summed E-state index contributed by atoms with van der Waals surface area (Å²) in [6.07, 6.45) is 2.89. The van der Waals surface area contributed by atoms with Gasteiger partial charge >= 0.3 is 18.2 Å². The number of carbonyl (C=O) groups is 5. The fourth-order valence-electron chi connectivity index (χ4n) is 6.33. The van der Waals surface area contributed by atoms with E-state index in [1.807, 2.05) is 44.2 Å². The van der Waals surface area contributed by atoms with E-state index in [2.05, 4.69) is 21.4 Å². The van der Waals surface area contributed by atoms with Crippen LogP contribution in [0.3, 0.4) is 0 Å². The molecule has 4 amide bonds. The molecule has 0 bridgehead atoms. The maximum Gasteiger partial charge on any atom is 0.407 e. The number of hydrogen-bond donors (Lipinski definition) is 4. The first-order valence-corrected chi connectivity index (χ1v) is 18.8. The van der Waals surface area contributed by atoms with Crippen molar-refractivity contribution in [2.24, 2.45) is 17.8 Å². The van der Waals surface area contributed by atoms with Crippen molar-refractivity contribution in [2.45, 2.75) is 96.3 Å². The standard InChI is InChI=1S/C39H56ClN5O8/c1-25(2)33(42-38(49)51-5)35(46)41-31(21-27-13-9-7-10-14-27)32(53-37(48)30-19-17-28(22-40)18-20-30)24-45(23-29-15-11-8-12-16-29)44-36(47)34(26(3)4)43-39(50)52-6/h7,9-10,13-14,17-20,25-26,29,31-34H,8,11-12,15-16,21-24H2,1-6H3,(H,41,46)(H,42,49)(H,43,50)(H,44,47)/t31-,32-,33-,34-/m0/s1. The molecule has 4 atom stereocenters. The van der Waals surface area contributed by atoms with Crippen molar-refractivity contribution in [3.63, 3.8) is 0 Å². The molecule has 0 saturated heterocycles. The number of hydrogen-bond acceptors (Lipinski definition) is 9. The summed E-state index contributed by atoms with van der Waals surface area (Å²) in [6.45, 7) is 7.64. The van der Waals surface area contributed by atoms with Gasteiger partial charge in [-0.05, 0) is 60.3 Å². The average molecular weight is 758 g/mol. The summed E-state index contributed by atoms with van der Waals surface area (Å²) in [6, 6.07) is 13.5. The van der Waals surface area contributed by atoms with Gasteiger partial charge in [0.25, 0.3) is 5.91 Å². The molecule has 1 aliphatic carbocycles. The first-order valence-electron chi connectivity index (χ1n) is 18.3. The normalized spacial score (nSPS) is 15.5. The van der Waals surface area contributed by atoms with Crippen molar-refractivity contribution in [1.82, 2.24) is 26.4 Å². The van der Waals surface area contributed by atoms with Gasteiger partial charge in [-0.15, -0.1) is 11.6 Å². The van der Waals surface area contributed by atoms with Crippen molar-refractivity contribution < 1.29 is 38.2 Å². The fraction of sp³-hybridized carbons (Fsp3) is 0.564. The van der Waals surface area contributed by atoms with Crippen LogP contribution in [0.5, 0.6) is 0 Å². The highest BCUT2D eigenvalue weighted by molar-refractivity contribution is 6.17. The summed E-state index contributed by atoms with van der Waals surface area (Å²) >= 11 is 5.99. The van der Waals surface area contributed by atoms with Gasteiger partial charge in [0.15, 0.2) is 0 Å². The quantitative estimate of drug-likeness (QED) is 0.0679. The van der Waals surface area contributed by atoms with Gasteiger partial charge in [0.05, 0.1) is 32.4 Å². The van der Waals surface area contributed by atoms with E-state index in [0.29, 0.717) is 6.54 Å². The summed E-state index contributed by atoms with van der Waals surface area (Å²) < 4.78 is 15.9. The minimum Gasteiger partial charge on any atom is -0.455 e. The van der Waals surface area contributed by atoms with Gasteiger partial charge in [-0.3, -0.25) is 15.0 Å². The molecule has 2 aromatic rings. The number of nitrogens with one attached hydrogen (secondary N) is 4. The van der Waals surface area contributed by atoms with E-state index in [-0.39, 0.29) is 42.2 Å². The minimum absolute atomic E-state index is 0.00859. The number of halogens is 1. The Labute approximate surface area is 318 Å². The Kier molecular flexibility index (Phi) is 17.9. The van der Waals surface area contributed by atoms with E-state index in [1.165, 1.54) is 14.2 Å². The lowest BCUT2D eigenvalue weighted by Gasteiger charge is -2.36. The smallest absolute Gasteiger partial charge is 0.407 e. The molecule has 14 heteroatoms. The SMILES string of the molecule is COC(=O)N[C@H](C(=O)N[C@@H](Cc1ccccc1)[C@H](CN(CC1CCCCC1)NC(=O)[C@@H](NC(=O)OC)C(C)C)OC(=O)c1ccc(CCl)cc1)C(C)C. The molecule has 53 heavy (non-hydrogen) atoms. The maximum absolute atomic E-state index is 14.0. The second kappa shape index (κ2) is 22.0. The number of amides is 4. The third kappa shape index (κ3) is 14.2. The molecule has 292 valence electrons. The maximum atomic E-state index is 14.0. The van der Waals surface area contributed by atoms with E-state index < -0.39 is 54.2 Å². The molecular formula is C39H56ClN5O8. The molecule has 0 aliphatic heterocycles. The Bertz CT molecular complexity index is 1470. The number of hydrazine groups is 1. The number of methoxy groups -OCH3 is 2. The van der Waals surface area contributed by atoms with Crippen LogP contribution in [0.25, 0.3) is 0 Å². The van der Waals surface area contributed by atoms with Gasteiger partial charge < -0.3 is 30.2 Å². The van der Waals surface area contributed by atoms with Gasteiger partial charge in [0, 0.05) is 12.4 Å². The Balaban J connectivity index is 2.08. The molecule has 3 rings (SSSR count). The zero-order valence-corrected chi connectivity index (χ0v) is 32.4. The molecule has 13 nitrogen and oxygen atoms in total. The third-order valence-corrected chi connectivity index (χ3v) is 9.67. The van der Waals surface area contributed by atoms with Crippen LogP contribution in [0.4, 0.5) is 9.59 Å². The van der Waals surface area contributed by atoms with Crippen molar-refractivity contribution in [2.75, 3.05) is 27.3 Å². The summed E-state index contributed by atoms with van der Waals surface area (Å²) in [4.78, 5) is 66.1. The number of benzene rings is 2. The Morgan fingerprint density at radius 1 is 0.755 bits per heavy atom. The molecule has 0 unspecified atom stereocenters. The molecule has 0 aromatic heterocycles. The zero-order valence-electron chi connectivity index (χ0n) is 31.7. The molecule has 0 spiro atoms. The van der Waals surface area contributed by atoms with Gasteiger partial charge in [0.1, 0.15) is 18.2 Å². The van der Waals surface area contributed by atoms with Crippen molar-refractivity contribution >= 4 is 41.6 Å². The summed E-state index contributed by atoms with van der Waals surface area (Å²) in [7, 11) is 2.45. The van der Waals surface area contributed by atoms with Crippen LogP contribution in [-0.4, -0.2) is 86.5 Å². The number of rotatable bonds is 18. The van der Waals surface area contributed by atoms with Crippen LogP contribution >= 0.6 is 11.6 Å².